The summed E-state index contributed by atoms with van der Waals surface area (Å²) in [6.07, 6.45) is -1.02. The van der Waals surface area contributed by atoms with Crippen LogP contribution in [0.4, 0.5) is 11.4 Å². The third kappa shape index (κ3) is 3.99. The molecule has 2 aromatic carbocycles. The molecule has 0 heterocycles. The van der Waals surface area contributed by atoms with E-state index in [2.05, 4.69) is 0 Å². The van der Waals surface area contributed by atoms with Crippen molar-refractivity contribution in [2.24, 2.45) is 0 Å². The van der Waals surface area contributed by atoms with Crippen molar-refractivity contribution < 1.29 is 19.1 Å². The van der Waals surface area contributed by atoms with E-state index in [-0.39, 0.29) is 0 Å². The molecular weight excluding hydrogens is 284 g/mol. The van der Waals surface area contributed by atoms with Crippen LogP contribution in [0.1, 0.15) is 27.6 Å². The highest BCUT2D eigenvalue weighted by atomic mass is 16.7. The van der Waals surface area contributed by atoms with Crippen LogP contribution in [0.15, 0.2) is 48.5 Å². The van der Waals surface area contributed by atoms with E-state index < -0.39 is 18.2 Å². The van der Waals surface area contributed by atoms with Crippen molar-refractivity contribution >= 4 is 23.3 Å². The predicted octanol–water partition coefficient (Wildman–Crippen LogP) is 2.21. The van der Waals surface area contributed by atoms with E-state index in [0.717, 1.165) is 0 Å². The van der Waals surface area contributed by atoms with Gasteiger partial charge in [-0.25, -0.2) is 9.59 Å². The van der Waals surface area contributed by atoms with Crippen LogP contribution in [0.2, 0.25) is 0 Å². The first-order chi connectivity index (χ1) is 10.5. The predicted molar refractivity (Wildman–Crippen MR) is 82.0 cm³/mol. The molecule has 0 unspecified atom stereocenters. The molecule has 0 fully saturated rings. The molecule has 0 amide bonds. The summed E-state index contributed by atoms with van der Waals surface area (Å²) in [5.41, 5.74) is 12.8. The molecule has 0 aliphatic heterocycles. The van der Waals surface area contributed by atoms with Crippen molar-refractivity contribution in [3.63, 3.8) is 0 Å². The molecule has 0 bridgehead atoms. The number of benzene rings is 2. The lowest BCUT2D eigenvalue weighted by atomic mass is 10.2. The molecule has 6 heteroatoms. The van der Waals surface area contributed by atoms with Gasteiger partial charge in [0.1, 0.15) is 0 Å². The van der Waals surface area contributed by atoms with E-state index in [9.17, 15) is 9.59 Å². The number of hydrogen-bond acceptors (Lipinski definition) is 6. The van der Waals surface area contributed by atoms with E-state index in [1.165, 1.54) is 31.2 Å². The second-order valence-corrected chi connectivity index (χ2v) is 4.62. The molecule has 0 atom stereocenters. The van der Waals surface area contributed by atoms with Gasteiger partial charge in [0.2, 0.25) is 6.29 Å². The van der Waals surface area contributed by atoms with Crippen LogP contribution in [-0.4, -0.2) is 18.2 Å². The van der Waals surface area contributed by atoms with Crippen molar-refractivity contribution in [1.82, 2.24) is 0 Å². The van der Waals surface area contributed by atoms with Crippen molar-refractivity contribution in [3.05, 3.63) is 59.7 Å². The van der Waals surface area contributed by atoms with Gasteiger partial charge in [0.15, 0.2) is 0 Å². The summed E-state index contributed by atoms with van der Waals surface area (Å²) in [4.78, 5) is 23.7. The SMILES string of the molecule is CC(OC(=O)c1ccc(N)cc1)OC(=O)c1ccc(N)cc1. The second-order valence-electron chi connectivity index (χ2n) is 4.62. The molecule has 0 saturated heterocycles. The third-order valence-corrected chi connectivity index (χ3v) is 2.84. The summed E-state index contributed by atoms with van der Waals surface area (Å²) >= 11 is 0. The number of ether oxygens (including phenoxy) is 2. The molecule has 0 aromatic heterocycles. The van der Waals surface area contributed by atoms with E-state index in [1.807, 2.05) is 0 Å². The summed E-state index contributed by atoms with van der Waals surface area (Å²) in [7, 11) is 0. The van der Waals surface area contributed by atoms with Crippen LogP contribution >= 0.6 is 0 Å². The van der Waals surface area contributed by atoms with E-state index in [0.29, 0.717) is 22.5 Å². The second kappa shape index (κ2) is 6.62. The van der Waals surface area contributed by atoms with Crippen LogP contribution in [0, 0.1) is 0 Å². The maximum atomic E-state index is 11.9. The zero-order valence-corrected chi connectivity index (χ0v) is 12.0. The molecular formula is C16H16N2O4. The van der Waals surface area contributed by atoms with Gasteiger partial charge in [0, 0.05) is 18.3 Å². The number of nitrogens with two attached hydrogens (primary N) is 2. The average Bonchev–Trinajstić information content (AvgIpc) is 2.48. The number of carbonyl (C=O) groups is 2. The number of hydrogen-bond donors (Lipinski definition) is 2. The highest BCUT2D eigenvalue weighted by Gasteiger charge is 2.16. The normalized spacial score (nSPS) is 10.3. The molecule has 0 aliphatic rings. The minimum absolute atomic E-state index is 0.324. The summed E-state index contributed by atoms with van der Waals surface area (Å²) in [5, 5.41) is 0. The van der Waals surface area contributed by atoms with Crippen molar-refractivity contribution in [2.75, 3.05) is 11.5 Å². The van der Waals surface area contributed by atoms with Gasteiger partial charge in [-0.3, -0.25) is 0 Å². The minimum Gasteiger partial charge on any atom is -0.422 e. The van der Waals surface area contributed by atoms with Crippen LogP contribution < -0.4 is 11.5 Å². The Hall–Kier alpha value is -3.02. The van der Waals surface area contributed by atoms with Crippen molar-refractivity contribution in [1.29, 1.82) is 0 Å². The summed E-state index contributed by atoms with van der Waals surface area (Å²) < 4.78 is 10.1. The lowest BCUT2D eigenvalue weighted by Crippen LogP contribution is -2.21. The monoisotopic (exact) mass is 300 g/mol. The Kier molecular flexibility index (Phi) is 4.63. The fourth-order valence-corrected chi connectivity index (χ4v) is 1.70. The van der Waals surface area contributed by atoms with Gasteiger partial charge in [-0.1, -0.05) is 0 Å². The Morgan fingerprint density at radius 1 is 0.773 bits per heavy atom. The van der Waals surface area contributed by atoms with Crippen LogP contribution in [-0.2, 0) is 9.47 Å². The molecule has 0 aliphatic carbocycles. The number of carbonyl (C=O) groups excluding carboxylic acids is 2. The first-order valence-corrected chi connectivity index (χ1v) is 6.59. The highest BCUT2D eigenvalue weighted by molar-refractivity contribution is 5.91. The molecule has 0 saturated carbocycles. The molecule has 6 nitrogen and oxygen atoms in total. The van der Waals surface area contributed by atoms with E-state index in [1.54, 1.807) is 24.3 Å². The van der Waals surface area contributed by atoms with Crippen LogP contribution in [0.5, 0.6) is 0 Å². The minimum atomic E-state index is -1.02. The quantitative estimate of drug-likeness (QED) is 0.509. The molecule has 114 valence electrons. The summed E-state index contributed by atoms with van der Waals surface area (Å²) in [6, 6.07) is 12.5. The van der Waals surface area contributed by atoms with Gasteiger partial charge < -0.3 is 20.9 Å². The third-order valence-electron chi connectivity index (χ3n) is 2.84. The molecule has 0 spiro atoms. The zero-order valence-electron chi connectivity index (χ0n) is 12.0. The zero-order chi connectivity index (χ0) is 16.1. The van der Waals surface area contributed by atoms with Crippen LogP contribution in [0.3, 0.4) is 0 Å². The molecule has 22 heavy (non-hydrogen) atoms. The Labute approximate surface area is 127 Å². The lowest BCUT2D eigenvalue weighted by Gasteiger charge is -2.14. The Bertz CT molecular complexity index is 606. The summed E-state index contributed by atoms with van der Waals surface area (Å²) in [5.74, 6) is -1.20. The first kappa shape index (κ1) is 15.4. The fraction of sp³-hybridized carbons (Fsp3) is 0.125. The Morgan fingerprint density at radius 3 is 1.41 bits per heavy atom. The van der Waals surface area contributed by atoms with Crippen molar-refractivity contribution in [3.8, 4) is 0 Å². The maximum Gasteiger partial charge on any atom is 0.341 e. The highest BCUT2D eigenvalue weighted by Crippen LogP contribution is 2.11. The number of rotatable bonds is 4. The van der Waals surface area contributed by atoms with Gasteiger partial charge in [0.05, 0.1) is 11.1 Å². The first-order valence-electron chi connectivity index (χ1n) is 6.59. The molecule has 2 aromatic rings. The number of esters is 2. The Morgan fingerprint density at radius 2 is 1.09 bits per heavy atom. The standard InChI is InChI=1S/C16H16N2O4/c1-10(21-15(19)11-2-6-13(17)7-3-11)22-16(20)12-4-8-14(18)9-5-12/h2-10H,17-18H2,1H3. The number of anilines is 2. The van der Waals surface area contributed by atoms with Crippen molar-refractivity contribution in [2.45, 2.75) is 13.2 Å². The van der Waals surface area contributed by atoms with Gasteiger partial charge in [0.25, 0.3) is 0 Å². The maximum absolute atomic E-state index is 11.9. The van der Waals surface area contributed by atoms with Crippen LogP contribution in [0.25, 0.3) is 0 Å². The van der Waals surface area contributed by atoms with Gasteiger partial charge in [-0.05, 0) is 48.5 Å². The summed E-state index contributed by atoms with van der Waals surface area (Å²) in [6.45, 7) is 1.46. The van der Waals surface area contributed by atoms with Gasteiger partial charge in [-0.15, -0.1) is 0 Å². The fourth-order valence-electron chi connectivity index (χ4n) is 1.70. The van der Waals surface area contributed by atoms with Gasteiger partial charge in [-0.2, -0.15) is 0 Å². The average molecular weight is 300 g/mol. The largest absolute Gasteiger partial charge is 0.422 e. The smallest absolute Gasteiger partial charge is 0.341 e. The van der Waals surface area contributed by atoms with E-state index >= 15 is 0 Å². The van der Waals surface area contributed by atoms with Gasteiger partial charge >= 0.3 is 11.9 Å². The topological polar surface area (TPSA) is 105 Å². The Balaban J connectivity index is 1.93. The van der Waals surface area contributed by atoms with E-state index in [4.69, 9.17) is 20.9 Å². The lowest BCUT2D eigenvalue weighted by molar-refractivity contribution is -0.0691. The molecule has 4 N–H and O–H groups in total. The number of nitrogen functional groups attached to an aromatic ring is 2. The molecule has 2 rings (SSSR count). The molecule has 0 radical (unpaired) electrons.